The molecule has 4 heteroatoms. The minimum absolute atomic E-state index is 0.0230. The molecule has 0 heterocycles. The Morgan fingerprint density at radius 1 is 1.33 bits per heavy atom. The molecule has 0 bridgehead atoms. The van der Waals surface area contributed by atoms with E-state index in [0.29, 0.717) is 0 Å². The monoisotopic (exact) mass is 252 g/mol. The molecule has 18 heavy (non-hydrogen) atoms. The molecule has 0 aliphatic rings. The van der Waals surface area contributed by atoms with E-state index in [9.17, 15) is 13.6 Å². The van der Waals surface area contributed by atoms with Gasteiger partial charge in [0.15, 0.2) is 0 Å². The average molecular weight is 252 g/mol. The van der Waals surface area contributed by atoms with E-state index in [4.69, 9.17) is 4.74 Å². The fourth-order valence-corrected chi connectivity index (χ4v) is 1.16. The number of hydrogen-bond acceptors (Lipinski definition) is 2. The number of benzene rings is 1. The van der Waals surface area contributed by atoms with Gasteiger partial charge in [0, 0.05) is 5.56 Å². The fraction of sp³-hybridized carbons (Fsp3) is 0.286. The van der Waals surface area contributed by atoms with Crippen molar-refractivity contribution in [3.05, 3.63) is 47.2 Å². The highest BCUT2D eigenvalue weighted by atomic mass is 19.1. The van der Waals surface area contributed by atoms with Gasteiger partial charge in [-0.1, -0.05) is 0 Å². The molecule has 0 aromatic heterocycles. The Kier molecular flexibility index (Phi) is 4.40. The summed E-state index contributed by atoms with van der Waals surface area (Å²) in [6.07, 6.45) is 2.22. The van der Waals surface area contributed by atoms with Crippen molar-refractivity contribution in [1.29, 1.82) is 0 Å². The number of carbonyl (C=O) groups is 1. The zero-order valence-electron chi connectivity index (χ0n) is 10.5. The van der Waals surface area contributed by atoms with Crippen molar-refractivity contribution in [2.45, 2.75) is 26.4 Å². The van der Waals surface area contributed by atoms with Gasteiger partial charge >= 0.3 is 5.97 Å². The van der Waals surface area contributed by atoms with Gasteiger partial charge in [-0.2, -0.15) is 0 Å². The van der Waals surface area contributed by atoms with Gasteiger partial charge in [-0.15, -0.1) is 5.73 Å². The number of carbonyl (C=O) groups excluding carboxylic acids is 1. The topological polar surface area (TPSA) is 26.3 Å². The Morgan fingerprint density at radius 2 is 2.00 bits per heavy atom. The van der Waals surface area contributed by atoms with Gasteiger partial charge in [0.1, 0.15) is 17.2 Å². The van der Waals surface area contributed by atoms with Gasteiger partial charge < -0.3 is 4.74 Å². The number of ether oxygens (including phenoxy) is 1. The van der Waals surface area contributed by atoms with Crippen LogP contribution in [-0.2, 0) is 9.53 Å². The lowest BCUT2D eigenvalue weighted by Gasteiger charge is -2.17. The summed E-state index contributed by atoms with van der Waals surface area (Å²) in [5, 5.41) is 0. The van der Waals surface area contributed by atoms with Gasteiger partial charge in [-0.3, -0.25) is 0 Å². The summed E-state index contributed by atoms with van der Waals surface area (Å²) in [7, 11) is 0. The molecule has 0 amide bonds. The van der Waals surface area contributed by atoms with Crippen molar-refractivity contribution in [1.82, 2.24) is 0 Å². The molecule has 1 rings (SSSR count). The van der Waals surface area contributed by atoms with E-state index in [1.165, 1.54) is 6.08 Å². The molecule has 0 radical (unpaired) electrons. The highest BCUT2D eigenvalue weighted by molar-refractivity contribution is 5.82. The maximum Gasteiger partial charge on any atom is 0.339 e. The van der Waals surface area contributed by atoms with Crippen LogP contribution in [0.15, 0.2) is 30.0 Å². The molecule has 0 atom stereocenters. The molecule has 0 unspecified atom stereocenters. The standard InChI is InChI=1S/C14H14F2O2/c1-14(2,3)18-13(17)6-4-5-10-9-11(15)7-8-12(10)16/h5-9H,1-3H3. The molecule has 0 spiro atoms. The average Bonchev–Trinajstić information content (AvgIpc) is 2.20. The van der Waals surface area contributed by atoms with Crippen molar-refractivity contribution in [3.8, 4) is 0 Å². The summed E-state index contributed by atoms with van der Waals surface area (Å²) in [6, 6.07) is 3.05. The summed E-state index contributed by atoms with van der Waals surface area (Å²) in [5.74, 6) is -1.72. The van der Waals surface area contributed by atoms with Crippen molar-refractivity contribution >= 4 is 12.0 Å². The maximum atomic E-state index is 13.2. The van der Waals surface area contributed by atoms with E-state index in [1.807, 2.05) is 0 Å². The molecular formula is C14H14F2O2. The number of halogens is 2. The predicted octanol–water partition coefficient (Wildman–Crippen LogP) is 3.47. The molecule has 0 saturated heterocycles. The van der Waals surface area contributed by atoms with E-state index in [0.717, 1.165) is 24.3 Å². The van der Waals surface area contributed by atoms with Crippen LogP contribution in [0, 0.1) is 11.6 Å². The quantitative estimate of drug-likeness (QED) is 0.457. The maximum absolute atomic E-state index is 13.2. The SMILES string of the molecule is CC(C)(C)OC(=O)C=C=Cc1cc(F)ccc1F. The Hall–Kier alpha value is -1.93. The second-order valence-electron chi connectivity index (χ2n) is 4.65. The molecule has 0 aliphatic heterocycles. The van der Waals surface area contributed by atoms with Crippen LogP contribution in [0.3, 0.4) is 0 Å². The van der Waals surface area contributed by atoms with Gasteiger partial charge in [0.2, 0.25) is 0 Å². The van der Waals surface area contributed by atoms with Crippen LogP contribution in [0.2, 0.25) is 0 Å². The Labute approximate surface area is 105 Å². The van der Waals surface area contributed by atoms with Crippen molar-refractivity contribution < 1.29 is 18.3 Å². The second-order valence-corrected chi connectivity index (χ2v) is 4.65. The highest BCUT2D eigenvalue weighted by Crippen LogP contribution is 2.11. The largest absolute Gasteiger partial charge is 0.456 e. The third-order valence-electron chi connectivity index (χ3n) is 1.80. The van der Waals surface area contributed by atoms with E-state index >= 15 is 0 Å². The first-order valence-corrected chi connectivity index (χ1v) is 5.38. The minimum Gasteiger partial charge on any atom is -0.456 e. The predicted molar refractivity (Wildman–Crippen MR) is 64.8 cm³/mol. The summed E-state index contributed by atoms with van der Waals surface area (Å²) in [6.45, 7) is 5.19. The number of hydrogen-bond donors (Lipinski definition) is 0. The fourth-order valence-electron chi connectivity index (χ4n) is 1.16. The van der Waals surface area contributed by atoms with Crippen molar-refractivity contribution in [2.75, 3.05) is 0 Å². The normalized spacial score (nSPS) is 10.5. The Morgan fingerprint density at radius 3 is 2.61 bits per heavy atom. The summed E-state index contributed by atoms with van der Waals surface area (Å²) < 4.78 is 31.0. The van der Waals surface area contributed by atoms with Crippen LogP contribution in [-0.4, -0.2) is 11.6 Å². The number of esters is 1. The molecule has 96 valence electrons. The first-order valence-electron chi connectivity index (χ1n) is 5.38. The molecule has 1 aromatic carbocycles. The van der Waals surface area contributed by atoms with Gasteiger partial charge in [0.25, 0.3) is 0 Å². The van der Waals surface area contributed by atoms with Gasteiger partial charge in [0.05, 0.1) is 6.08 Å². The van der Waals surface area contributed by atoms with Crippen LogP contribution in [0.1, 0.15) is 26.3 Å². The van der Waals surface area contributed by atoms with Crippen molar-refractivity contribution in [2.24, 2.45) is 0 Å². The minimum atomic E-state index is -0.598. The van der Waals surface area contributed by atoms with E-state index in [2.05, 4.69) is 5.73 Å². The van der Waals surface area contributed by atoms with Crippen LogP contribution < -0.4 is 0 Å². The molecule has 2 nitrogen and oxygen atoms in total. The summed E-state index contributed by atoms with van der Waals surface area (Å²) in [4.78, 5) is 11.3. The lowest BCUT2D eigenvalue weighted by atomic mass is 10.2. The van der Waals surface area contributed by atoms with Gasteiger partial charge in [-0.25, -0.2) is 13.6 Å². The van der Waals surface area contributed by atoms with Crippen LogP contribution in [0.25, 0.3) is 6.08 Å². The molecule has 0 N–H and O–H groups in total. The first kappa shape index (κ1) is 14.1. The van der Waals surface area contributed by atoms with E-state index in [1.54, 1.807) is 20.8 Å². The third-order valence-corrected chi connectivity index (χ3v) is 1.80. The summed E-state index contributed by atoms with van der Waals surface area (Å²) in [5.41, 5.74) is 1.89. The van der Waals surface area contributed by atoms with Crippen molar-refractivity contribution in [3.63, 3.8) is 0 Å². The zero-order valence-corrected chi connectivity index (χ0v) is 10.5. The lowest BCUT2D eigenvalue weighted by molar-refractivity contribution is -0.148. The van der Waals surface area contributed by atoms with Gasteiger partial charge in [-0.05, 0) is 45.0 Å². The summed E-state index contributed by atoms with van der Waals surface area (Å²) >= 11 is 0. The molecule has 0 saturated carbocycles. The smallest absolute Gasteiger partial charge is 0.339 e. The van der Waals surface area contributed by atoms with Crippen LogP contribution >= 0.6 is 0 Å². The Balaban J connectivity index is 2.80. The zero-order chi connectivity index (χ0) is 13.8. The highest BCUT2D eigenvalue weighted by Gasteiger charge is 2.13. The van der Waals surface area contributed by atoms with E-state index in [-0.39, 0.29) is 5.56 Å². The molecular weight excluding hydrogens is 238 g/mol. The molecule has 0 fully saturated rings. The molecule has 0 aliphatic carbocycles. The second kappa shape index (κ2) is 5.61. The van der Waals surface area contributed by atoms with E-state index < -0.39 is 23.2 Å². The van der Waals surface area contributed by atoms with Crippen LogP contribution in [0.4, 0.5) is 8.78 Å². The lowest BCUT2D eigenvalue weighted by Crippen LogP contribution is -2.22. The molecule has 1 aromatic rings. The third kappa shape index (κ3) is 4.93. The first-order chi connectivity index (χ1) is 8.28. The van der Waals surface area contributed by atoms with Crippen LogP contribution in [0.5, 0.6) is 0 Å². The number of rotatable bonds is 2. The Bertz CT molecular complexity index is 507.